The second-order valence-electron chi connectivity index (χ2n) is 6.01. The number of carbonyl (C=O) groups is 1. The first kappa shape index (κ1) is 20.0. The molecule has 0 bridgehead atoms. The predicted octanol–water partition coefficient (Wildman–Crippen LogP) is 6.64. The van der Waals surface area contributed by atoms with Crippen molar-refractivity contribution in [3.8, 4) is 21.9 Å². The van der Waals surface area contributed by atoms with Gasteiger partial charge in [0.25, 0.3) is 0 Å². The number of carbonyl (C=O) groups excluding carboxylic acids is 1. The Morgan fingerprint density at radius 2 is 1.81 bits per heavy atom. The highest BCUT2D eigenvalue weighted by molar-refractivity contribution is 7.14. The highest BCUT2D eigenvalue weighted by Gasteiger charge is 2.13. The zero-order chi connectivity index (χ0) is 19.6. The topological polar surface area (TPSA) is 46.5 Å². The molecule has 0 amide bonds. The molecule has 27 heavy (non-hydrogen) atoms. The summed E-state index contributed by atoms with van der Waals surface area (Å²) in [6.07, 6.45) is 0.483. The summed E-state index contributed by atoms with van der Waals surface area (Å²) in [5, 5.41) is 13.5. The Hall–Kier alpha value is -1.72. The maximum atomic E-state index is 11.1. The molecule has 1 aromatic heterocycles. The van der Waals surface area contributed by atoms with E-state index in [2.05, 4.69) is 0 Å². The summed E-state index contributed by atoms with van der Waals surface area (Å²) >= 11 is 20.2. The van der Waals surface area contributed by atoms with Crippen molar-refractivity contribution in [2.24, 2.45) is 0 Å². The lowest BCUT2D eigenvalue weighted by molar-refractivity contribution is -0.118. The molecule has 0 saturated heterocycles. The fraction of sp³-hybridized carbons (Fsp3) is 0.150. The fourth-order valence-electron chi connectivity index (χ4n) is 2.57. The number of rotatable bonds is 6. The lowest BCUT2D eigenvalue weighted by atomic mass is 10.0. The van der Waals surface area contributed by atoms with Gasteiger partial charge in [0.1, 0.15) is 18.1 Å². The molecule has 0 atom stereocenters. The van der Waals surface area contributed by atoms with Crippen LogP contribution >= 0.6 is 46.1 Å². The molecule has 140 valence electrons. The molecule has 0 spiro atoms. The Morgan fingerprint density at radius 1 is 1.11 bits per heavy atom. The van der Waals surface area contributed by atoms with E-state index in [9.17, 15) is 9.90 Å². The summed E-state index contributed by atoms with van der Waals surface area (Å²) in [6, 6.07) is 10.5. The molecule has 0 aliphatic carbocycles. The van der Waals surface area contributed by atoms with E-state index in [0.29, 0.717) is 32.8 Å². The summed E-state index contributed by atoms with van der Waals surface area (Å²) in [4.78, 5) is 11.9. The van der Waals surface area contributed by atoms with Gasteiger partial charge in [-0.05, 0) is 48.4 Å². The number of Topliss-reactive ketones (excluding diaryl/α,β-unsaturated/α-hetero) is 1. The molecule has 3 nitrogen and oxygen atoms in total. The van der Waals surface area contributed by atoms with Gasteiger partial charge in [0, 0.05) is 32.3 Å². The highest BCUT2D eigenvalue weighted by atomic mass is 35.5. The molecule has 7 heteroatoms. The Bertz CT molecular complexity index is 975. The van der Waals surface area contributed by atoms with Crippen molar-refractivity contribution in [1.29, 1.82) is 0 Å². The quantitative estimate of drug-likeness (QED) is 0.466. The van der Waals surface area contributed by atoms with Gasteiger partial charge in [0.2, 0.25) is 0 Å². The van der Waals surface area contributed by atoms with E-state index in [4.69, 9.17) is 39.5 Å². The van der Waals surface area contributed by atoms with Gasteiger partial charge in [-0.15, -0.1) is 11.3 Å². The van der Waals surface area contributed by atoms with E-state index in [0.717, 1.165) is 16.0 Å². The summed E-state index contributed by atoms with van der Waals surface area (Å²) in [6.45, 7) is 1.41. The number of halogens is 3. The van der Waals surface area contributed by atoms with Crippen LogP contribution in [0.4, 0.5) is 0 Å². The van der Waals surface area contributed by atoms with Crippen LogP contribution in [0.2, 0.25) is 15.1 Å². The number of thiophene rings is 1. The van der Waals surface area contributed by atoms with Gasteiger partial charge in [-0.25, -0.2) is 0 Å². The lowest BCUT2D eigenvalue weighted by Crippen LogP contribution is -2.06. The molecular weight excluding hydrogens is 427 g/mol. The second-order valence-corrected chi connectivity index (χ2v) is 8.18. The smallest absolute Gasteiger partial charge is 0.167 e. The van der Waals surface area contributed by atoms with Crippen molar-refractivity contribution < 1.29 is 14.6 Å². The molecule has 0 radical (unpaired) electrons. The Morgan fingerprint density at radius 3 is 2.41 bits per heavy atom. The molecule has 2 aromatic carbocycles. The molecule has 3 aromatic rings. The van der Waals surface area contributed by atoms with Crippen LogP contribution in [-0.4, -0.2) is 17.5 Å². The fourth-order valence-corrected chi connectivity index (χ4v) is 4.27. The third-order valence-electron chi connectivity index (χ3n) is 3.83. The molecule has 0 fully saturated rings. The number of ether oxygens (including phenoxy) is 1. The Balaban J connectivity index is 1.88. The third-order valence-corrected chi connectivity index (χ3v) is 5.82. The predicted molar refractivity (Wildman–Crippen MR) is 112 cm³/mol. The highest BCUT2D eigenvalue weighted by Crippen LogP contribution is 2.37. The van der Waals surface area contributed by atoms with Gasteiger partial charge in [-0.1, -0.05) is 40.9 Å². The maximum Gasteiger partial charge on any atom is 0.167 e. The van der Waals surface area contributed by atoms with Gasteiger partial charge in [-0.3, -0.25) is 4.79 Å². The van der Waals surface area contributed by atoms with Crippen molar-refractivity contribution in [2.45, 2.75) is 13.3 Å². The van der Waals surface area contributed by atoms with Crippen molar-refractivity contribution in [1.82, 2.24) is 0 Å². The number of aromatic hydroxyl groups is 1. The van der Waals surface area contributed by atoms with Crippen LogP contribution in [0, 0.1) is 0 Å². The van der Waals surface area contributed by atoms with E-state index < -0.39 is 0 Å². The minimum Gasteiger partial charge on any atom is -0.507 e. The normalized spacial score (nSPS) is 10.8. The van der Waals surface area contributed by atoms with E-state index >= 15 is 0 Å². The van der Waals surface area contributed by atoms with Crippen LogP contribution in [-0.2, 0) is 11.2 Å². The average Bonchev–Trinajstić information content (AvgIpc) is 3.04. The largest absolute Gasteiger partial charge is 0.507 e. The van der Waals surface area contributed by atoms with Gasteiger partial charge < -0.3 is 9.84 Å². The molecule has 1 N–H and O–H groups in total. The Kier molecular flexibility index (Phi) is 6.33. The van der Waals surface area contributed by atoms with Gasteiger partial charge in [0.05, 0.1) is 5.02 Å². The molecule has 3 rings (SSSR count). The minimum absolute atomic E-state index is 0.0311. The van der Waals surface area contributed by atoms with Gasteiger partial charge in [-0.2, -0.15) is 0 Å². The SMILES string of the molecule is CC(=O)COc1cc(Cl)c(Cc2ccc(O)c(-c3cc(Cl)cs3)c2)c(Cl)c1. The second kappa shape index (κ2) is 8.53. The number of hydrogen-bond acceptors (Lipinski definition) is 4. The first-order valence-corrected chi connectivity index (χ1v) is 10.0. The lowest BCUT2D eigenvalue weighted by Gasteiger charge is -2.12. The van der Waals surface area contributed by atoms with E-state index in [1.54, 1.807) is 18.2 Å². The molecular formula is C20H15Cl3O3S. The maximum absolute atomic E-state index is 11.1. The first-order valence-electron chi connectivity index (χ1n) is 8.00. The average molecular weight is 442 g/mol. The zero-order valence-corrected chi connectivity index (χ0v) is 17.3. The van der Waals surface area contributed by atoms with Crippen molar-refractivity contribution in [2.75, 3.05) is 6.61 Å². The molecule has 0 aliphatic rings. The molecule has 0 unspecified atom stereocenters. The summed E-state index contributed by atoms with van der Waals surface area (Å²) in [5.74, 6) is 0.544. The third kappa shape index (κ3) is 4.96. The van der Waals surface area contributed by atoms with Crippen molar-refractivity contribution in [3.05, 3.63) is 68.0 Å². The minimum atomic E-state index is -0.0865. The monoisotopic (exact) mass is 440 g/mol. The van der Waals surface area contributed by atoms with E-state index in [1.807, 2.05) is 23.6 Å². The first-order chi connectivity index (χ1) is 12.8. The summed E-state index contributed by atoms with van der Waals surface area (Å²) in [7, 11) is 0. The number of phenols is 1. The van der Waals surface area contributed by atoms with Crippen LogP contribution in [0.1, 0.15) is 18.1 Å². The van der Waals surface area contributed by atoms with Gasteiger partial charge >= 0.3 is 0 Å². The van der Waals surface area contributed by atoms with Crippen LogP contribution in [0.25, 0.3) is 10.4 Å². The van der Waals surface area contributed by atoms with Crippen molar-refractivity contribution >= 4 is 51.9 Å². The van der Waals surface area contributed by atoms with E-state index in [-0.39, 0.29) is 18.1 Å². The number of ketones is 1. The zero-order valence-electron chi connectivity index (χ0n) is 14.3. The molecule has 1 heterocycles. The summed E-state index contributed by atoms with van der Waals surface area (Å²) < 4.78 is 5.37. The van der Waals surface area contributed by atoms with E-state index in [1.165, 1.54) is 18.3 Å². The number of benzene rings is 2. The number of hydrogen-bond donors (Lipinski definition) is 1. The van der Waals surface area contributed by atoms with Crippen LogP contribution in [0.3, 0.4) is 0 Å². The van der Waals surface area contributed by atoms with Crippen LogP contribution in [0.5, 0.6) is 11.5 Å². The molecule has 0 aliphatic heterocycles. The van der Waals surface area contributed by atoms with Crippen LogP contribution in [0.15, 0.2) is 41.8 Å². The van der Waals surface area contributed by atoms with Gasteiger partial charge in [0.15, 0.2) is 5.78 Å². The number of phenolic OH excluding ortho intramolecular Hbond substituents is 1. The van der Waals surface area contributed by atoms with Crippen LogP contribution < -0.4 is 4.74 Å². The Labute approximate surface area is 176 Å². The summed E-state index contributed by atoms with van der Waals surface area (Å²) in [5.41, 5.74) is 2.39. The van der Waals surface area contributed by atoms with Crippen molar-refractivity contribution in [3.63, 3.8) is 0 Å². The standard InChI is InChI=1S/C20H15Cl3O3S/c1-11(24)9-26-14-7-17(22)15(18(23)8-14)4-12-2-3-19(25)16(5-12)20-6-13(21)10-27-20/h2-3,5-8,10,25H,4,9H2,1H3. The molecule has 0 saturated carbocycles.